The van der Waals surface area contributed by atoms with Crippen molar-refractivity contribution in [1.82, 2.24) is 0 Å². The first kappa shape index (κ1) is 14.4. The molecule has 1 N–H and O–H groups in total. The molecule has 0 spiro atoms. The lowest BCUT2D eigenvalue weighted by Crippen LogP contribution is -2.10. The van der Waals surface area contributed by atoms with Crippen molar-refractivity contribution in [2.75, 3.05) is 5.32 Å². The van der Waals surface area contributed by atoms with E-state index in [0.717, 1.165) is 11.4 Å². The smallest absolute Gasteiger partial charge is 0.101 e. The number of hydrogen-bond acceptors (Lipinski definition) is 2. The third-order valence-corrected chi connectivity index (χ3v) is 3.37. The number of anilines is 2. The second-order valence-corrected chi connectivity index (χ2v) is 6.19. The number of halogens is 1. The lowest BCUT2D eigenvalue weighted by molar-refractivity contribution is 0.590. The van der Waals surface area contributed by atoms with E-state index in [1.165, 1.54) is 5.56 Å². The quantitative estimate of drug-likeness (QED) is 0.817. The van der Waals surface area contributed by atoms with Crippen LogP contribution >= 0.6 is 11.6 Å². The van der Waals surface area contributed by atoms with E-state index < -0.39 is 0 Å². The summed E-state index contributed by atoms with van der Waals surface area (Å²) >= 11 is 5.89. The number of benzene rings is 2. The highest BCUT2D eigenvalue weighted by Crippen LogP contribution is 2.27. The highest BCUT2D eigenvalue weighted by molar-refractivity contribution is 6.30. The van der Waals surface area contributed by atoms with Crippen LogP contribution in [0.5, 0.6) is 0 Å². The van der Waals surface area contributed by atoms with Gasteiger partial charge in [-0.2, -0.15) is 5.26 Å². The molecule has 0 heterocycles. The summed E-state index contributed by atoms with van der Waals surface area (Å²) in [5.74, 6) is 0. The van der Waals surface area contributed by atoms with E-state index in [1.54, 1.807) is 12.1 Å². The summed E-state index contributed by atoms with van der Waals surface area (Å²) in [6.45, 7) is 6.55. The molecule has 0 atom stereocenters. The van der Waals surface area contributed by atoms with Crippen molar-refractivity contribution in [3.05, 3.63) is 58.6 Å². The Kier molecular flexibility index (Phi) is 4.01. The molecule has 102 valence electrons. The zero-order chi connectivity index (χ0) is 14.8. The summed E-state index contributed by atoms with van der Waals surface area (Å²) < 4.78 is 0. The van der Waals surface area contributed by atoms with Crippen molar-refractivity contribution in [2.45, 2.75) is 26.2 Å². The molecule has 2 aromatic carbocycles. The van der Waals surface area contributed by atoms with Gasteiger partial charge in [-0.3, -0.25) is 0 Å². The second-order valence-electron chi connectivity index (χ2n) is 5.75. The fourth-order valence-corrected chi connectivity index (χ4v) is 2.10. The van der Waals surface area contributed by atoms with Gasteiger partial charge in [-0.15, -0.1) is 0 Å². The number of rotatable bonds is 2. The molecule has 20 heavy (non-hydrogen) atoms. The second kappa shape index (κ2) is 5.56. The van der Waals surface area contributed by atoms with E-state index in [-0.39, 0.29) is 5.41 Å². The van der Waals surface area contributed by atoms with Crippen molar-refractivity contribution < 1.29 is 0 Å². The molecule has 0 aliphatic carbocycles. The summed E-state index contributed by atoms with van der Waals surface area (Å²) in [5, 5.41) is 12.9. The van der Waals surface area contributed by atoms with Gasteiger partial charge in [0.25, 0.3) is 0 Å². The van der Waals surface area contributed by atoms with E-state index in [1.807, 2.05) is 18.2 Å². The van der Waals surface area contributed by atoms with E-state index in [9.17, 15) is 0 Å². The molecule has 0 amide bonds. The van der Waals surface area contributed by atoms with Crippen LogP contribution in [0.25, 0.3) is 0 Å². The van der Waals surface area contributed by atoms with Crippen molar-refractivity contribution >= 4 is 23.0 Å². The summed E-state index contributed by atoms with van der Waals surface area (Å²) in [6.07, 6.45) is 0. The van der Waals surface area contributed by atoms with Crippen LogP contribution in [0.2, 0.25) is 5.02 Å². The Morgan fingerprint density at radius 2 is 1.70 bits per heavy atom. The van der Waals surface area contributed by atoms with Crippen molar-refractivity contribution in [2.24, 2.45) is 0 Å². The summed E-state index contributed by atoms with van der Waals surface area (Å²) in [7, 11) is 0. The minimum absolute atomic E-state index is 0.136. The molecule has 0 bridgehead atoms. The first-order valence-electron chi connectivity index (χ1n) is 6.47. The maximum Gasteiger partial charge on any atom is 0.101 e. The minimum Gasteiger partial charge on any atom is -0.354 e. The predicted molar refractivity (Wildman–Crippen MR) is 84.6 cm³/mol. The SMILES string of the molecule is CC(C)(C)c1ccc(Nc2ccc(Cl)cc2C#N)cc1. The number of nitriles is 1. The first-order chi connectivity index (χ1) is 9.40. The number of nitrogens with one attached hydrogen (secondary N) is 1. The summed E-state index contributed by atoms with van der Waals surface area (Å²) in [4.78, 5) is 0. The standard InChI is InChI=1S/C17H17ClN2/c1-17(2,3)13-4-7-15(8-5-13)20-16-9-6-14(18)10-12(16)11-19/h4-10,20H,1-3H3. The van der Waals surface area contributed by atoms with Gasteiger partial charge in [0.2, 0.25) is 0 Å². The van der Waals surface area contributed by atoms with Crippen molar-refractivity contribution in [3.63, 3.8) is 0 Å². The molecule has 0 saturated carbocycles. The fourth-order valence-electron chi connectivity index (χ4n) is 1.93. The maximum absolute atomic E-state index is 9.12. The molecule has 0 aliphatic heterocycles. The Bertz CT molecular complexity index is 646. The zero-order valence-corrected chi connectivity index (χ0v) is 12.6. The molecule has 0 aliphatic rings. The van der Waals surface area contributed by atoms with Crippen LogP contribution < -0.4 is 5.32 Å². The molecule has 0 saturated heterocycles. The van der Waals surface area contributed by atoms with Crippen molar-refractivity contribution in [1.29, 1.82) is 5.26 Å². The van der Waals surface area contributed by atoms with Crippen LogP contribution in [0.1, 0.15) is 31.9 Å². The normalized spacial score (nSPS) is 10.9. The predicted octanol–water partition coefficient (Wildman–Crippen LogP) is 5.25. The van der Waals surface area contributed by atoms with Gasteiger partial charge in [0.05, 0.1) is 11.3 Å². The van der Waals surface area contributed by atoms with Gasteiger partial charge in [0.15, 0.2) is 0 Å². The number of hydrogen-bond donors (Lipinski definition) is 1. The van der Waals surface area contributed by atoms with Crippen molar-refractivity contribution in [3.8, 4) is 6.07 Å². The van der Waals surface area contributed by atoms with Gasteiger partial charge in [-0.1, -0.05) is 44.5 Å². The molecule has 0 radical (unpaired) electrons. The Balaban J connectivity index is 2.25. The average molecular weight is 285 g/mol. The molecule has 2 rings (SSSR count). The van der Waals surface area contributed by atoms with Gasteiger partial charge in [-0.05, 0) is 41.3 Å². The molecule has 2 aromatic rings. The van der Waals surface area contributed by atoms with E-state index in [4.69, 9.17) is 16.9 Å². The number of nitrogens with zero attached hydrogens (tertiary/aromatic N) is 1. The highest BCUT2D eigenvalue weighted by Gasteiger charge is 2.13. The Labute approximate surface area is 125 Å². The summed E-state index contributed by atoms with van der Waals surface area (Å²) in [5.41, 5.74) is 3.67. The van der Waals surface area contributed by atoms with Crippen LogP contribution in [-0.4, -0.2) is 0 Å². The zero-order valence-electron chi connectivity index (χ0n) is 11.9. The topological polar surface area (TPSA) is 35.8 Å². The molecule has 0 unspecified atom stereocenters. The largest absolute Gasteiger partial charge is 0.354 e. The Morgan fingerprint density at radius 1 is 1.05 bits per heavy atom. The average Bonchev–Trinajstić information content (AvgIpc) is 2.40. The third kappa shape index (κ3) is 3.31. The Morgan fingerprint density at radius 3 is 2.25 bits per heavy atom. The van der Waals surface area contributed by atoms with Gasteiger partial charge < -0.3 is 5.32 Å². The molecule has 3 heteroatoms. The van der Waals surface area contributed by atoms with Gasteiger partial charge in [0, 0.05) is 10.7 Å². The molecular weight excluding hydrogens is 268 g/mol. The molecule has 0 aromatic heterocycles. The van der Waals surface area contributed by atoms with E-state index in [0.29, 0.717) is 10.6 Å². The lowest BCUT2D eigenvalue weighted by Gasteiger charge is -2.19. The van der Waals surface area contributed by atoms with Crippen LogP contribution in [0.15, 0.2) is 42.5 Å². The molecule has 2 nitrogen and oxygen atoms in total. The fraction of sp³-hybridized carbons (Fsp3) is 0.235. The maximum atomic E-state index is 9.12. The van der Waals surface area contributed by atoms with Crippen LogP contribution in [0, 0.1) is 11.3 Å². The van der Waals surface area contributed by atoms with Crippen LogP contribution in [0.3, 0.4) is 0 Å². The van der Waals surface area contributed by atoms with Crippen LogP contribution in [-0.2, 0) is 5.41 Å². The summed E-state index contributed by atoms with van der Waals surface area (Å²) in [6, 6.07) is 15.6. The third-order valence-electron chi connectivity index (χ3n) is 3.13. The molecule has 0 fully saturated rings. The van der Waals surface area contributed by atoms with Gasteiger partial charge in [-0.25, -0.2) is 0 Å². The van der Waals surface area contributed by atoms with E-state index >= 15 is 0 Å². The van der Waals surface area contributed by atoms with E-state index in [2.05, 4.69) is 44.3 Å². The van der Waals surface area contributed by atoms with Crippen LogP contribution in [0.4, 0.5) is 11.4 Å². The highest BCUT2D eigenvalue weighted by atomic mass is 35.5. The monoisotopic (exact) mass is 284 g/mol. The minimum atomic E-state index is 0.136. The molecular formula is C17H17ClN2. The first-order valence-corrected chi connectivity index (χ1v) is 6.85. The van der Waals surface area contributed by atoms with Gasteiger partial charge in [0.1, 0.15) is 6.07 Å². The lowest BCUT2D eigenvalue weighted by atomic mass is 9.87. The Hall–Kier alpha value is -1.98. The van der Waals surface area contributed by atoms with Gasteiger partial charge >= 0.3 is 0 Å².